The molecule has 224 valence electrons. The lowest BCUT2D eigenvalue weighted by Gasteiger charge is -2.42. The van der Waals surface area contributed by atoms with E-state index in [-0.39, 0.29) is 36.7 Å². The molecule has 2 aliphatic rings. The van der Waals surface area contributed by atoms with Crippen molar-refractivity contribution in [1.82, 2.24) is 20.0 Å². The van der Waals surface area contributed by atoms with E-state index in [1.165, 1.54) is 17.0 Å². The molecule has 1 fully saturated rings. The van der Waals surface area contributed by atoms with Crippen LogP contribution in [0.2, 0.25) is 0 Å². The van der Waals surface area contributed by atoms with E-state index in [4.69, 9.17) is 9.47 Å². The summed E-state index contributed by atoms with van der Waals surface area (Å²) in [5, 5.41) is 2.95. The van der Waals surface area contributed by atoms with Crippen molar-refractivity contribution in [1.29, 1.82) is 0 Å². The third-order valence-corrected chi connectivity index (χ3v) is 7.69. The zero-order valence-corrected chi connectivity index (χ0v) is 24.5. The predicted octanol–water partition coefficient (Wildman–Crippen LogP) is 4.98. The van der Waals surface area contributed by atoms with E-state index in [1.54, 1.807) is 37.1 Å². The molecular weight excluding hydrogens is 551 g/mol. The normalized spacial score (nSPS) is 19.2. The molecule has 1 saturated heterocycles. The second-order valence-corrected chi connectivity index (χ2v) is 10.6. The molecule has 3 amide bonds. The Hall–Kier alpha value is -4.70. The van der Waals surface area contributed by atoms with Crippen molar-refractivity contribution in [3.63, 3.8) is 0 Å². The number of nitrogens with one attached hydrogen (secondary N) is 1. The molecule has 0 radical (unpaired) electrons. The Kier molecular flexibility index (Phi) is 9.06. The van der Waals surface area contributed by atoms with Gasteiger partial charge in [-0.1, -0.05) is 42.5 Å². The van der Waals surface area contributed by atoms with E-state index >= 15 is 0 Å². The van der Waals surface area contributed by atoms with Crippen molar-refractivity contribution in [3.8, 4) is 11.5 Å². The van der Waals surface area contributed by atoms with E-state index in [1.807, 2.05) is 55.5 Å². The lowest BCUT2D eigenvalue weighted by molar-refractivity contribution is -0.139. The van der Waals surface area contributed by atoms with Gasteiger partial charge in [0.1, 0.15) is 17.3 Å². The number of ether oxygens (including phenoxy) is 2. The highest BCUT2D eigenvalue weighted by molar-refractivity contribution is 5.95. The van der Waals surface area contributed by atoms with Crippen molar-refractivity contribution >= 4 is 17.9 Å². The summed E-state index contributed by atoms with van der Waals surface area (Å²) in [6.45, 7) is 5.41. The van der Waals surface area contributed by atoms with Gasteiger partial charge >= 0.3 is 12.0 Å². The summed E-state index contributed by atoms with van der Waals surface area (Å²) < 4.78 is 25.8. The summed E-state index contributed by atoms with van der Waals surface area (Å²) >= 11 is 0. The molecule has 0 aromatic heterocycles. The second kappa shape index (κ2) is 13.1. The molecule has 9 nitrogen and oxygen atoms in total. The first kappa shape index (κ1) is 29.8. The minimum absolute atomic E-state index is 0.0418. The molecule has 0 unspecified atom stereocenters. The van der Waals surface area contributed by atoms with Gasteiger partial charge in [0.15, 0.2) is 0 Å². The average molecular weight is 587 g/mol. The number of esters is 1. The molecule has 2 aliphatic heterocycles. The van der Waals surface area contributed by atoms with Crippen LogP contribution in [0, 0.1) is 5.82 Å². The Morgan fingerprint density at radius 3 is 2.42 bits per heavy atom. The fraction of sp³-hybridized carbons (Fsp3) is 0.303. The second-order valence-electron chi connectivity index (χ2n) is 10.6. The topological polar surface area (TPSA) is 91.4 Å². The van der Waals surface area contributed by atoms with Crippen molar-refractivity contribution in [3.05, 3.63) is 107 Å². The van der Waals surface area contributed by atoms with Gasteiger partial charge in [-0.15, -0.1) is 0 Å². The average Bonchev–Trinajstić information content (AvgIpc) is 3.00. The molecular formula is C33H35FN4O5. The first-order valence-electron chi connectivity index (χ1n) is 14.3. The molecule has 5 rings (SSSR count). The van der Waals surface area contributed by atoms with Crippen LogP contribution in [-0.4, -0.2) is 78.5 Å². The smallest absolute Gasteiger partial charge is 0.338 e. The van der Waals surface area contributed by atoms with Gasteiger partial charge in [-0.25, -0.2) is 14.0 Å². The van der Waals surface area contributed by atoms with E-state index in [9.17, 15) is 18.8 Å². The standard InChI is InChI=1S/C33H35FN4O5/c1-4-42-32(40)29-28(21-37-17-18-38(22(2)20-37)31(39)26-15-8-9-16-27(26)34)36(3)33(41)35-30(29)23-11-10-14-25(19-23)43-24-12-6-5-7-13-24/h5-16,19,22,30H,4,17-18,20-21H2,1-3H3,(H,35,41)/t22-,30-/m0/s1. The Bertz CT molecular complexity index is 1530. The zero-order chi connectivity index (χ0) is 30.5. The van der Waals surface area contributed by atoms with Crippen LogP contribution in [0.1, 0.15) is 35.8 Å². The van der Waals surface area contributed by atoms with Gasteiger partial charge in [-0.2, -0.15) is 0 Å². The van der Waals surface area contributed by atoms with Crippen LogP contribution in [0.4, 0.5) is 9.18 Å². The van der Waals surface area contributed by atoms with Gasteiger partial charge in [0.05, 0.1) is 23.8 Å². The molecule has 1 N–H and O–H groups in total. The van der Waals surface area contributed by atoms with E-state index < -0.39 is 17.8 Å². The zero-order valence-electron chi connectivity index (χ0n) is 24.5. The number of amides is 3. The van der Waals surface area contributed by atoms with Crippen molar-refractivity contribution in [2.24, 2.45) is 0 Å². The molecule has 3 aromatic carbocycles. The largest absolute Gasteiger partial charge is 0.463 e. The van der Waals surface area contributed by atoms with Gasteiger partial charge in [-0.3, -0.25) is 14.6 Å². The number of piperazine rings is 1. The predicted molar refractivity (Wildman–Crippen MR) is 159 cm³/mol. The first-order chi connectivity index (χ1) is 20.8. The van der Waals surface area contributed by atoms with Crippen molar-refractivity contribution in [2.45, 2.75) is 25.9 Å². The molecule has 10 heteroatoms. The molecule has 2 heterocycles. The number of carbonyl (C=O) groups is 3. The summed E-state index contributed by atoms with van der Waals surface area (Å²) in [5.41, 5.74) is 1.56. The first-order valence-corrected chi connectivity index (χ1v) is 14.3. The lowest BCUT2D eigenvalue weighted by Crippen LogP contribution is -2.56. The number of benzene rings is 3. The van der Waals surface area contributed by atoms with E-state index in [0.29, 0.717) is 48.0 Å². The molecule has 0 bridgehead atoms. The SMILES string of the molecule is CCOC(=O)C1=C(CN2CCN(C(=O)c3ccccc3F)[C@@H](C)C2)N(C)C(=O)N[C@H]1c1cccc(Oc2ccccc2)c1. The minimum Gasteiger partial charge on any atom is -0.463 e. The number of halogens is 1. The third-order valence-electron chi connectivity index (χ3n) is 7.69. The molecule has 43 heavy (non-hydrogen) atoms. The number of hydrogen-bond donors (Lipinski definition) is 1. The fourth-order valence-electron chi connectivity index (χ4n) is 5.51. The van der Waals surface area contributed by atoms with Gasteiger partial charge in [0.25, 0.3) is 5.91 Å². The lowest BCUT2D eigenvalue weighted by atomic mass is 9.94. The minimum atomic E-state index is -0.765. The van der Waals surface area contributed by atoms with Crippen molar-refractivity contribution in [2.75, 3.05) is 39.8 Å². The van der Waals surface area contributed by atoms with Crippen LogP contribution >= 0.6 is 0 Å². The number of hydrogen-bond acceptors (Lipinski definition) is 6. The number of rotatable bonds is 8. The van der Waals surface area contributed by atoms with Gasteiger partial charge in [0.2, 0.25) is 0 Å². The number of para-hydroxylation sites is 1. The molecule has 3 aromatic rings. The van der Waals surface area contributed by atoms with Gasteiger partial charge in [0, 0.05) is 45.0 Å². The maximum Gasteiger partial charge on any atom is 0.338 e. The summed E-state index contributed by atoms with van der Waals surface area (Å²) in [6, 6.07) is 21.2. The maximum atomic E-state index is 14.3. The Labute approximate surface area is 250 Å². The van der Waals surface area contributed by atoms with Crippen molar-refractivity contribution < 1.29 is 28.2 Å². The summed E-state index contributed by atoms with van der Waals surface area (Å²) in [6.07, 6.45) is 0. The van der Waals surface area contributed by atoms with Gasteiger partial charge in [-0.05, 0) is 55.8 Å². The van der Waals surface area contributed by atoms with E-state index in [0.717, 1.165) is 0 Å². The highest BCUT2D eigenvalue weighted by atomic mass is 19.1. The Balaban J connectivity index is 1.42. The Morgan fingerprint density at radius 2 is 1.70 bits per heavy atom. The fourth-order valence-corrected chi connectivity index (χ4v) is 5.51. The summed E-state index contributed by atoms with van der Waals surface area (Å²) in [4.78, 5) is 45.0. The third kappa shape index (κ3) is 6.54. The number of likely N-dealkylation sites (N-methyl/N-ethyl adjacent to an activating group) is 1. The van der Waals surface area contributed by atoms with Crippen LogP contribution in [0.15, 0.2) is 90.1 Å². The van der Waals surface area contributed by atoms with Crippen LogP contribution in [0.5, 0.6) is 11.5 Å². The molecule has 0 aliphatic carbocycles. The molecule has 0 saturated carbocycles. The summed E-state index contributed by atoms with van der Waals surface area (Å²) in [7, 11) is 1.62. The monoisotopic (exact) mass is 586 g/mol. The van der Waals surface area contributed by atoms with Crippen LogP contribution in [0.3, 0.4) is 0 Å². The highest BCUT2D eigenvalue weighted by Crippen LogP contribution is 2.34. The highest BCUT2D eigenvalue weighted by Gasteiger charge is 2.38. The van der Waals surface area contributed by atoms with Crippen LogP contribution < -0.4 is 10.1 Å². The quantitative estimate of drug-likeness (QED) is 0.375. The number of urea groups is 1. The number of nitrogens with zero attached hydrogens (tertiary/aromatic N) is 3. The van der Waals surface area contributed by atoms with Crippen LogP contribution in [0.25, 0.3) is 0 Å². The molecule has 2 atom stereocenters. The van der Waals surface area contributed by atoms with Crippen LogP contribution in [-0.2, 0) is 9.53 Å². The molecule has 0 spiro atoms. The Morgan fingerprint density at radius 1 is 0.977 bits per heavy atom. The maximum absolute atomic E-state index is 14.3. The van der Waals surface area contributed by atoms with Gasteiger partial charge < -0.3 is 19.7 Å². The van der Waals surface area contributed by atoms with E-state index in [2.05, 4.69) is 10.2 Å². The summed E-state index contributed by atoms with van der Waals surface area (Å²) in [5.74, 6) is -0.208. The number of carbonyl (C=O) groups excluding carboxylic acids is 3.